The zero-order chi connectivity index (χ0) is 20.9. The highest BCUT2D eigenvalue weighted by Crippen LogP contribution is 2.34. The number of rotatable bonds is 9. The maximum Gasteiger partial charge on any atom is 0.161 e. The van der Waals surface area contributed by atoms with Gasteiger partial charge in [-0.05, 0) is 30.3 Å². The number of hydrogen-bond acceptors (Lipinski definition) is 5. The predicted octanol–water partition coefficient (Wildman–Crippen LogP) is 3.61. The molecule has 3 aromatic carbocycles. The summed E-state index contributed by atoms with van der Waals surface area (Å²) in [6.45, 7) is 1.43. The van der Waals surface area contributed by atoms with Crippen LogP contribution in [0.3, 0.4) is 0 Å². The summed E-state index contributed by atoms with van der Waals surface area (Å²) in [4.78, 5) is 3.37. The summed E-state index contributed by atoms with van der Waals surface area (Å²) in [6.07, 6.45) is -0.285. The molecule has 0 aliphatic carbocycles. The number of hydrogen-bond donors (Lipinski definition) is 4. The quantitative estimate of drug-likeness (QED) is 0.319. The number of aliphatic hydroxyl groups excluding tert-OH is 1. The fourth-order valence-electron chi connectivity index (χ4n) is 3.76. The number of methoxy groups -OCH3 is 1. The van der Waals surface area contributed by atoms with E-state index in [-0.39, 0.29) is 5.75 Å². The van der Waals surface area contributed by atoms with E-state index >= 15 is 0 Å². The van der Waals surface area contributed by atoms with E-state index in [0.29, 0.717) is 37.6 Å². The standard InChI is InChI=1S/C24H26N2O4/c1-29-22-8-4-5-9-23(22)30-13-12-25-15-16(27)14-18-21(28)11-10-20-24(18)17-6-2-3-7-19(17)26-20/h2-11,16,25-28H,12-15H2,1H3/t16-/m0/s1. The van der Waals surface area contributed by atoms with Crippen molar-refractivity contribution in [1.29, 1.82) is 0 Å². The summed E-state index contributed by atoms with van der Waals surface area (Å²) in [5.74, 6) is 1.59. The second-order valence-corrected chi connectivity index (χ2v) is 7.22. The number of H-pyrrole nitrogens is 1. The third-order valence-electron chi connectivity index (χ3n) is 5.18. The lowest BCUT2D eigenvalue weighted by Gasteiger charge is -2.15. The summed E-state index contributed by atoms with van der Waals surface area (Å²) in [7, 11) is 1.61. The Morgan fingerprint density at radius 3 is 2.57 bits per heavy atom. The number of para-hydroxylation sites is 3. The van der Waals surface area contributed by atoms with Crippen LogP contribution in [0, 0.1) is 0 Å². The van der Waals surface area contributed by atoms with Crippen molar-refractivity contribution in [3.05, 3.63) is 66.2 Å². The summed E-state index contributed by atoms with van der Waals surface area (Å²) >= 11 is 0. The Morgan fingerprint density at radius 2 is 1.73 bits per heavy atom. The number of fused-ring (bicyclic) bond motifs is 3. The summed E-state index contributed by atoms with van der Waals surface area (Å²) < 4.78 is 11.0. The molecular weight excluding hydrogens is 380 g/mol. The number of nitrogens with one attached hydrogen (secondary N) is 2. The second kappa shape index (κ2) is 9.07. The Morgan fingerprint density at radius 1 is 0.967 bits per heavy atom. The van der Waals surface area contributed by atoms with E-state index in [1.54, 1.807) is 13.2 Å². The number of benzene rings is 3. The minimum Gasteiger partial charge on any atom is -0.508 e. The first-order valence-electron chi connectivity index (χ1n) is 10.0. The molecule has 0 amide bonds. The van der Waals surface area contributed by atoms with Crippen LogP contribution in [0.4, 0.5) is 0 Å². The van der Waals surface area contributed by atoms with Gasteiger partial charge in [0.25, 0.3) is 0 Å². The van der Waals surface area contributed by atoms with Crippen LogP contribution < -0.4 is 14.8 Å². The topological polar surface area (TPSA) is 86.7 Å². The van der Waals surface area contributed by atoms with Crippen LogP contribution in [0.5, 0.6) is 17.2 Å². The summed E-state index contributed by atoms with van der Waals surface area (Å²) in [5.41, 5.74) is 2.72. The predicted molar refractivity (Wildman–Crippen MR) is 119 cm³/mol. The molecule has 6 nitrogen and oxygen atoms in total. The zero-order valence-corrected chi connectivity index (χ0v) is 16.9. The molecule has 0 radical (unpaired) electrons. The molecule has 1 atom stereocenters. The smallest absolute Gasteiger partial charge is 0.161 e. The molecule has 0 spiro atoms. The van der Waals surface area contributed by atoms with Gasteiger partial charge in [0.1, 0.15) is 12.4 Å². The Labute approximate surface area is 175 Å². The minimum atomic E-state index is -0.638. The number of aromatic amines is 1. The molecule has 0 saturated heterocycles. The largest absolute Gasteiger partial charge is 0.508 e. The molecule has 0 unspecified atom stereocenters. The van der Waals surface area contributed by atoms with E-state index in [0.717, 1.165) is 27.4 Å². The van der Waals surface area contributed by atoms with Gasteiger partial charge in [-0.25, -0.2) is 0 Å². The first-order valence-corrected chi connectivity index (χ1v) is 10.0. The molecule has 0 bridgehead atoms. The van der Waals surface area contributed by atoms with Crippen molar-refractivity contribution in [2.45, 2.75) is 12.5 Å². The lowest BCUT2D eigenvalue weighted by atomic mass is 10.00. The van der Waals surface area contributed by atoms with Gasteiger partial charge in [0.15, 0.2) is 11.5 Å². The minimum absolute atomic E-state index is 0.200. The van der Waals surface area contributed by atoms with E-state index in [9.17, 15) is 10.2 Å². The van der Waals surface area contributed by atoms with E-state index in [4.69, 9.17) is 9.47 Å². The fraction of sp³-hybridized carbons (Fsp3) is 0.250. The van der Waals surface area contributed by atoms with Crippen LogP contribution in [-0.2, 0) is 6.42 Å². The molecule has 0 aliphatic rings. The van der Waals surface area contributed by atoms with Gasteiger partial charge >= 0.3 is 0 Å². The van der Waals surface area contributed by atoms with Crippen molar-refractivity contribution in [3.8, 4) is 17.2 Å². The van der Waals surface area contributed by atoms with E-state index in [2.05, 4.69) is 10.3 Å². The third-order valence-corrected chi connectivity index (χ3v) is 5.18. The van der Waals surface area contributed by atoms with Gasteiger partial charge in [-0.3, -0.25) is 0 Å². The zero-order valence-electron chi connectivity index (χ0n) is 16.9. The summed E-state index contributed by atoms with van der Waals surface area (Å²) in [6, 6.07) is 19.0. The van der Waals surface area contributed by atoms with Gasteiger partial charge in [-0.2, -0.15) is 0 Å². The Balaban J connectivity index is 1.36. The van der Waals surface area contributed by atoms with Crippen molar-refractivity contribution in [1.82, 2.24) is 10.3 Å². The van der Waals surface area contributed by atoms with Gasteiger partial charge < -0.3 is 30.0 Å². The second-order valence-electron chi connectivity index (χ2n) is 7.22. The van der Waals surface area contributed by atoms with Gasteiger partial charge in [-0.15, -0.1) is 0 Å². The van der Waals surface area contributed by atoms with Crippen LogP contribution >= 0.6 is 0 Å². The lowest BCUT2D eigenvalue weighted by Crippen LogP contribution is -2.31. The monoisotopic (exact) mass is 406 g/mol. The molecule has 1 heterocycles. The molecule has 156 valence electrons. The van der Waals surface area contributed by atoms with Crippen molar-refractivity contribution in [2.24, 2.45) is 0 Å². The number of phenols is 1. The van der Waals surface area contributed by atoms with Crippen molar-refractivity contribution in [3.63, 3.8) is 0 Å². The maximum absolute atomic E-state index is 10.6. The molecule has 4 rings (SSSR count). The highest BCUT2D eigenvalue weighted by molar-refractivity contribution is 6.09. The van der Waals surface area contributed by atoms with Crippen LogP contribution in [-0.4, -0.2) is 48.1 Å². The van der Waals surface area contributed by atoms with Crippen LogP contribution in [0.1, 0.15) is 5.56 Å². The summed E-state index contributed by atoms with van der Waals surface area (Å²) in [5, 5.41) is 26.2. The van der Waals surface area contributed by atoms with Crippen LogP contribution in [0.2, 0.25) is 0 Å². The van der Waals surface area contributed by atoms with Gasteiger partial charge in [-0.1, -0.05) is 30.3 Å². The van der Waals surface area contributed by atoms with Gasteiger partial charge in [0.2, 0.25) is 0 Å². The van der Waals surface area contributed by atoms with E-state index < -0.39 is 6.10 Å². The molecule has 0 saturated carbocycles. The number of aliphatic hydroxyl groups is 1. The fourth-order valence-corrected chi connectivity index (χ4v) is 3.76. The van der Waals surface area contributed by atoms with Crippen molar-refractivity contribution < 1.29 is 19.7 Å². The normalized spacial score (nSPS) is 12.3. The number of aromatic hydroxyl groups is 1. The van der Waals surface area contributed by atoms with E-state index in [1.165, 1.54) is 0 Å². The average molecular weight is 406 g/mol. The molecule has 4 aromatic rings. The number of ether oxygens (including phenoxy) is 2. The van der Waals surface area contributed by atoms with Crippen LogP contribution in [0.25, 0.3) is 21.8 Å². The SMILES string of the molecule is COc1ccccc1OCCNC[C@@H](O)Cc1c(O)ccc2[nH]c3ccccc3c12. The number of phenolic OH excluding ortho intramolecular Hbond substituents is 1. The first kappa shape index (κ1) is 20.1. The maximum atomic E-state index is 10.6. The average Bonchev–Trinajstić information content (AvgIpc) is 3.14. The van der Waals surface area contributed by atoms with Gasteiger partial charge in [0.05, 0.1) is 13.2 Å². The van der Waals surface area contributed by atoms with Crippen molar-refractivity contribution in [2.75, 3.05) is 26.8 Å². The molecule has 6 heteroatoms. The van der Waals surface area contributed by atoms with Gasteiger partial charge in [0, 0.05) is 46.9 Å². The molecule has 0 fully saturated rings. The molecule has 0 aliphatic heterocycles. The highest BCUT2D eigenvalue weighted by Gasteiger charge is 2.16. The molecule has 4 N–H and O–H groups in total. The molecular formula is C24H26N2O4. The van der Waals surface area contributed by atoms with Crippen molar-refractivity contribution >= 4 is 21.8 Å². The highest BCUT2D eigenvalue weighted by atomic mass is 16.5. The lowest BCUT2D eigenvalue weighted by molar-refractivity contribution is 0.168. The number of aromatic nitrogens is 1. The third kappa shape index (κ3) is 4.20. The molecule has 30 heavy (non-hydrogen) atoms. The Hall–Kier alpha value is -3.22. The molecule has 1 aromatic heterocycles. The Kier molecular flexibility index (Phi) is 6.07. The van der Waals surface area contributed by atoms with E-state index in [1.807, 2.05) is 54.6 Å². The Bertz CT molecular complexity index is 1140. The first-order chi connectivity index (χ1) is 14.7. The van der Waals surface area contributed by atoms with Crippen LogP contribution in [0.15, 0.2) is 60.7 Å².